The maximum Gasteiger partial charge on any atom is 0.341 e. The number of carbonyl (C=O) groups is 1. The second-order valence-corrected chi connectivity index (χ2v) is 4.17. The molecule has 5 nitrogen and oxygen atoms in total. The fraction of sp³-hybridized carbons (Fsp3) is 0. The predicted octanol–water partition coefficient (Wildman–Crippen LogP) is 2.82. The lowest BCUT2D eigenvalue weighted by Crippen LogP contribution is -2.06. The molecule has 0 spiro atoms. The molecule has 0 unspecified atom stereocenters. The Hall–Kier alpha value is -2.02. The fourth-order valence-corrected chi connectivity index (χ4v) is 1.76. The molecule has 2 aromatic rings. The average Bonchev–Trinajstić information content (AvgIpc) is 2.34. The van der Waals surface area contributed by atoms with Crippen molar-refractivity contribution in [2.75, 3.05) is 5.32 Å². The van der Waals surface area contributed by atoms with Gasteiger partial charge in [-0.05, 0) is 28.1 Å². The number of para-hydroxylation sites is 1. The van der Waals surface area contributed by atoms with Gasteiger partial charge in [0, 0.05) is 10.7 Å². The number of nitrogens with zero attached hydrogens (tertiary/aromatic N) is 2. The monoisotopic (exact) mass is 311 g/mol. The van der Waals surface area contributed by atoms with Crippen molar-refractivity contribution in [3.05, 3.63) is 46.6 Å². The Morgan fingerprint density at radius 2 is 2.22 bits per heavy atom. The summed E-state index contributed by atoms with van der Waals surface area (Å²) in [4.78, 5) is 18.4. The normalized spacial score (nSPS) is 10.1. The molecule has 7 heteroatoms. The van der Waals surface area contributed by atoms with Gasteiger partial charge < -0.3 is 10.4 Å². The van der Waals surface area contributed by atoms with Crippen molar-refractivity contribution >= 4 is 33.4 Å². The summed E-state index contributed by atoms with van der Waals surface area (Å²) in [6.07, 6.45) is 2.33. The predicted molar refractivity (Wildman–Crippen MR) is 66.4 cm³/mol. The highest BCUT2D eigenvalue weighted by Gasteiger charge is 2.14. The van der Waals surface area contributed by atoms with Crippen LogP contribution in [-0.2, 0) is 0 Å². The number of hydrogen-bond acceptors (Lipinski definition) is 4. The lowest BCUT2D eigenvalue weighted by molar-refractivity contribution is 0.0697. The van der Waals surface area contributed by atoms with Crippen molar-refractivity contribution in [3.63, 3.8) is 0 Å². The van der Waals surface area contributed by atoms with Crippen molar-refractivity contribution in [1.82, 2.24) is 9.97 Å². The highest BCUT2D eigenvalue weighted by molar-refractivity contribution is 9.10. The lowest BCUT2D eigenvalue weighted by Gasteiger charge is -2.10. The minimum absolute atomic E-state index is 0.0308. The number of aromatic nitrogens is 2. The summed E-state index contributed by atoms with van der Waals surface area (Å²) < 4.78 is 14.1. The first kappa shape index (κ1) is 12.4. The zero-order valence-electron chi connectivity index (χ0n) is 8.89. The third-order valence-electron chi connectivity index (χ3n) is 2.15. The van der Waals surface area contributed by atoms with Gasteiger partial charge in [-0.3, -0.25) is 0 Å². The summed E-state index contributed by atoms with van der Waals surface area (Å²) in [5.74, 6) is -1.67. The van der Waals surface area contributed by atoms with Crippen molar-refractivity contribution < 1.29 is 14.3 Å². The largest absolute Gasteiger partial charge is 0.477 e. The Labute approximate surface area is 110 Å². The van der Waals surface area contributed by atoms with Crippen LogP contribution in [0.25, 0.3) is 0 Å². The number of nitrogens with one attached hydrogen (secondary N) is 1. The van der Waals surface area contributed by atoms with Gasteiger partial charge in [-0.25, -0.2) is 19.2 Å². The molecule has 0 bridgehead atoms. The first-order chi connectivity index (χ1) is 8.59. The molecule has 18 heavy (non-hydrogen) atoms. The minimum Gasteiger partial charge on any atom is -0.477 e. The van der Waals surface area contributed by atoms with Crippen molar-refractivity contribution in [2.45, 2.75) is 0 Å². The van der Waals surface area contributed by atoms with Crippen LogP contribution in [0.1, 0.15) is 10.4 Å². The second-order valence-electron chi connectivity index (χ2n) is 3.31. The SMILES string of the molecule is O=C(O)c1cncnc1Nc1c(F)cccc1Br. The molecule has 0 radical (unpaired) electrons. The Bertz CT molecular complexity index is 586. The number of halogens is 2. The molecule has 2 rings (SSSR count). The lowest BCUT2D eigenvalue weighted by atomic mass is 10.2. The van der Waals surface area contributed by atoms with Crippen molar-refractivity contribution in [2.24, 2.45) is 0 Å². The summed E-state index contributed by atoms with van der Waals surface area (Å²) in [6.45, 7) is 0. The van der Waals surface area contributed by atoms with Crippen LogP contribution in [0.3, 0.4) is 0 Å². The molecule has 0 aliphatic rings. The summed E-state index contributed by atoms with van der Waals surface area (Å²) in [5, 5.41) is 11.6. The van der Waals surface area contributed by atoms with Gasteiger partial charge in [-0.1, -0.05) is 6.07 Å². The van der Waals surface area contributed by atoms with E-state index in [9.17, 15) is 9.18 Å². The van der Waals surface area contributed by atoms with E-state index in [2.05, 4.69) is 31.2 Å². The van der Waals surface area contributed by atoms with E-state index in [1.165, 1.54) is 18.5 Å². The molecule has 0 saturated carbocycles. The molecular formula is C11H7BrFN3O2. The average molecular weight is 312 g/mol. The number of hydrogen-bond donors (Lipinski definition) is 2. The first-order valence-corrected chi connectivity index (χ1v) is 5.63. The summed E-state index contributed by atoms with van der Waals surface area (Å²) >= 11 is 3.17. The van der Waals surface area contributed by atoms with Gasteiger partial charge in [0.15, 0.2) is 0 Å². The molecule has 1 aromatic heterocycles. The molecule has 1 heterocycles. The first-order valence-electron chi connectivity index (χ1n) is 4.84. The maximum atomic E-state index is 13.6. The van der Waals surface area contributed by atoms with Gasteiger partial charge in [0.25, 0.3) is 0 Å². The molecule has 0 fully saturated rings. The van der Waals surface area contributed by atoms with Crippen LogP contribution in [0.4, 0.5) is 15.9 Å². The molecule has 0 saturated heterocycles. The van der Waals surface area contributed by atoms with Crippen molar-refractivity contribution in [3.8, 4) is 0 Å². The molecule has 0 aliphatic heterocycles. The van der Waals surface area contributed by atoms with Crippen LogP contribution in [0.5, 0.6) is 0 Å². The number of carboxylic acid groups (broad SMARTS) is 1. The van der Waals surface area contributed by atoms with Crippen molar-refractivity contribution in [1.29, 1.82) is 0 Å². The third-order valence-corrected chi connectivity index (χ3v) is 2.81. The second kappa shape index (κ2) is 5.09. The Balaban J connectivity index is 2.43. The molecule has 92 valence electrons. The molecule has 0 aliphatic carbocycles. The van der Waals surface area contributed by atoms with Gasteiger partial charge in [-0.15, -0.1) is 0 Å². The summed E-state index contributed by atoms with van der Waals surface area (Å²) in [6, 6.07) is 4.42. The van der Waals surface area contributed by atoms with Crippen LogP contribution in [0, 0.1) is 5.82 Å². The van der Waals surface area contributed by atoms with Gasteiger partial charge in [0.2, 0.25) is 0 Å². The fourth-order valence-electron chi connectivity index (χ4n) is 1.32. The number of anilines is 2. The molecule has 1 aromatic carbocycles. The van der Waals surface area contributed by atoms with Crippen LogP contribution >= 0.6 is 15.9 Å². The van der Waals surface area contributed by atoms with Crippen LogP contribution in [-0.4, -0.2) is 21.0 Å². The Kier molecular flexibility index (Phi) is 3.52. The van der Waals surface area contributed by atoms with E-state index in [0.717, 1.165) is 6.20 Å². The van der Waals surface area contributed by atoms with E-state index in [-0.39, 0.29) is 17.1 Å². The standard InChI is InChI=1S/C11H7BrFN3O2/c12-7-2-1-3-8(13)9(7)16-10-6(11(17)18)4-14-5-15-10/h1-5H,(H,17,18)(H,14,15,16). The quantitative estimate of drug-likeness (QED) is 0.911. The molecular weight excluding hydrogens is 305 g/mol. The number of carboxylic acids is 1. The van der Waals surface area contributed by atoms with E-state index in [0.29, 0.717) is 4.47 Å². The van der Waals surface area contributed by atoms with E-state index in [4.69, 9.17) is 5.11 Å². The third kappa shape index (κ3) is 2.45. The smallest absolute Gasteiger partial charge is 0.341 e. The van der Waals surface area contributed by atoms with E-state index in [1.54, 1.807) is 6.07 Å². The van der Waals surface area contributed by atoms with E-state index < -0.39 is 11.8 Å². The van der Waals surface area contributed by atoms with Crippen LogP contribution < -0.4 is 5.32 Å². The highest BCUT2D eigenvalue weighted by atomic mass is 79.9. The summed E-state index contributed by atoms with van der Waals surface area (Å²) in [7, 11) is 0. The molecule has 0 atom stereocenters. The van der Waals surface area contributed by atoms with Gasteiger partial charge in [-0.2, -0.15) is 0 Å². The van der Waals surface area contributed by atoms with E-state index >= 15 is 0 Å². The molecule has 2 N–H and O–H groups in total. The molecule has 0 amide bonds. The zero-order valence-corrected chi connectivity index (χ0v) is 10.5. The Morgan fingerprint density at radius 3 is 2.89 bits per heavy atom. The maximum absolute atomic E-state index is 13.6. The minimum atomic E-state index is -1.19. The highest BCUT2D eigenvalue weighted by Crippen LogP contribution is 2.28. The zero-order chi connectivity index (χ0) is 13.1. The van der Waals surface area contributed by atoms with E-state index in [1.807, 2.05) is 0 Å². The number of rotatable bonds is 3. The van der Waals surface area contributed by atoms with Crippen LogP contribution in [0.15, 0.2) is 35.2 Å². The number of aromatic carboxylic acids is 1. The van der Waals surface area contributed by atoms with Crippen LogP contribution in [0.2, 0.25) is 0 Å². The Morgan fingerprint density at radius 1 is 1.44 bits per heavy atom. The number of benzene rings is 1. The summed E-state index contributed by atoms with van der Waals surface area (Å²) in [5.41, 5.74) is -0.00801. The topological polar surface area (TPSA) is 75.1 Å². The van der Waals surface area contributed by atoms with Gasteiger partial charge in [0.05, 0.1) is 5.69 Å². The van der Waals surface area contributed by atoms with Gasteiger partial charge >= 0.3 is 5.97 Å². The van der Waals surface area contributed by atoms with Gasteiger partial charge in [0.1, 0.15) is 23.5 Å².